The second-order valence-electron chi connectivity index (χ2n) is 2.12. The van der Waals surface area contributed by atoms with E-state index in [4.69, 9.17) is 21.5 Å². The van der Waals surface area contributed by atoms with Crippen LogP contribution in [-0.4, -0.2) is 12.1 Å². The Morgan fingerprint density at radius 2 is 2.25 bits per heavy atom. The van der Waals surface area contributed by atoms with E-state index in [-0.39, 0.29) is 17.1 Å². The van der Waals surface area contributed by atoms with Crippen molar-refractivity contribution in [2.45, 2.75) is 0 Å². The van der Waals surface area contributed by atoms with Gasteiger partial charge >= 0.3 is 0 Å². The molecule has 1 aromatic rings. The van der Waals surface area contributed by atoms with E-state index < -0.39 is 0 Å². The van der Waals surface area contributed by atoms with Crippen molar-refractivity contribution in [1.29, 1.82) is 5.26 Å². The third-order valence-electron chi connectivity index (χ3n) is 1.41. The van der Waals surface area contributed by atoms with Crippen LogP contribution in [0.15, 0.2) is 6.20 Å². The van der Waals surface area contributed by atoms with Crippen LogP contribution in [0.2, 0.25) is 0 Å². The summed E-state index contributed by atoms with van der Waals surface area (Å²) in [7, 11) is 1.41. The molecule has 0 unspecified atom stereocenters. The van der Waals surface area contributed by atoms with Crippen LogP contribution in [0, 0.1) is 11.3 Å². The molecule has 1 rings (SSSR count). The fraction of sp³-hybridized carbons (Fsp3) is 0.143. The highest BCUT2D eigenvalue weighted by Crippen LogP contribution is 2.28. The molecule has 0 saturated heterocycles. The molecule has 1 heterocycles. The Labute approximate surface area is 69.6 Å². The highest BCUT2D eigenvalue weighted by atomic mass is 16.5. The lowest BCUT2D eigenvalue weighted by atomic mass is 10.2. The first-order chi connectivity index (χ1) is 5.70. The first kappa shape index (κ1) is 8.14. The normalized spacial score (nSPS) is 9.00. The Balaban J connectivity index is 3.38. The number of anilines is 2. The molecular weight excluding hydrogens is 156 g/mol. The summed E-state index contributed by atoms with van der Waals surface area (Å²) >= 11 is 0. The molecule has 62 valence electrons. The fourth-order valence-corrected chi connectivity index (χ4v) is 0.807. The molecular formula is C7H8N4O. The fourth-order valence-electron chi connectivity index (χ4n) is 0.807. The van der Waals surface area contributed by atoms with Crippen LogP contribution >= 0.6 is 0 Å². The van der Waals surface area contributed by atoms with Crippen LogP contribution in [0.1, 0.15) is 5.69 Å². The van der Waals surface area contributed by atoms with Crippen LogP contribution in [0.25, 0.3) is 0 Å². The molecule has 0 aromatic carbocycles. The number of methoxy groups -OCH3 is 1. The van der Waals surface area contributed by atoms with E-state index in [1.165, 1.54) is 13.3 Å². The maximum atomic E-state index is 8.58. The minimum absolute atomic E-state index is 0.143. The van der Waals surface area contributed by atoms with Crippen LogP contribution in [0.5, 0.6) is 5.75 Å². The molecule has 0 atom stereocenters. The van der Waals surface area contributed by atoms with Crippen molar-refractivity contribution in [2.24, 2.45) is 0 Å². The molecule has 1 aromatic heterocycles. The van der Waals surface area contributed by atoms with E-state index in [1.54, 1.807) is 0 Å². The second-order valence-corrected chi connectivity index (χ2v) is 2.12. The zero-order chi connectivity index (χ0) is 9.14. The van der Waals surface area contributed by atoms with Crippen molar-refractivity contribution in [3.8, 4) is 11.8 Å². The molecule has 4 N–H and O–H groups in total. The number of nitriles is 1. The zero-order valence-corrected chi connectivity index (χ0v) is 6.53. The van der Waals surface area contributed by atoms with Crippen molar-refractivity contribution in [2.75, 3.05) is 18.6 Å². The highest BCUT2D eigenvalue weighted by molar-refractivity contribution is 5.72. The van der Waals surface area contributed by atoms with Gasteiger partial charge in [0.15, 0.2) is 11.4 Å². The Morgan fingerprint density at radius 3 is 2.75 bits per heavy atom. The van der Waals surface area contributed by atoms with E-state index >= 15 is 0 Å². The quantitative estimate of drug-likeness (QED) is 0.614. The van der Waals surface area contributed by atoms with E-state index in [9.17, 15) is 0 Å². The van der Waals surface area contributed by atoms with E-state index in [1.807, 2.05) is 6.07 Å². The van der Waals surface area contributed by atoms with Gasteiger partial charge in [-0.25, -0.2) is 4.98 Å². The standard InChI is InChI=1S/C7H8N4O/c1-12-7-5(2-8)11-3-4(9)6(7)10/h3H,9H2,1H3,(H2,10,11). The van der Waals surface area contributed by atoms with Crippen molar-refractivity contribution >= 4 is 11.4 Å². The van der Waals surface area contributed by atoms with Crippen molar-refractivity contribution in [1.82, 2.24) is 4.98 Å². The van der Waals surface area contributed by atoms with Gasteiger partial charge in [0.2, 0.25) is 0 Å². The van der Waals surface area contributed by atoms with E-state index in [0.29, 0.717) is 5.69 Å². The lowest BCUT2D eigenvalue weighted by molar-refractivity contribution is 0.414. The van der Waals surface area contributed by atoms with Crippen LogP contribution < -0.4 is 16.2 Å². The van der Waals surface area contributed by atoms with Gasteiger partial charge in [0, 0.05) is 0 Å². The average Bonchev–Trinajstić information content (AvgIpc) is 2.09. The molecule has 5 nitrogen and oxygen atoms in total. The SMILES string of the molecule is COc1c(C#N)ncc(N)c1N. The topological polar surface area (TPSA) is 97.9 Å². The molecule has 0 fully saturated rings. The van der Waals surface area contributed by atoms with Gasteiger partial charge in [-0.15, -0.1) is 0 Å². The van der Waals surface area contributed by atoms with Crippen LogP contribution in [-0.2, 0) is 0 Å². The molecule has 12 heavy (non-hydrogen) atoms. The lowest BCUT2D eigenvalue weighted by Gasteiger charge is -2.06. The van der Waals surface area contributed by atoms with Crippen LogP contribution in [0.4, 0.5) is 11.4 Å². The van der Waals surface area contributed by atoms with E-state index in [0.717, 1.165) is 0 Å². The Kier molecular flexibility index (Phi) is 2.01. The van der Waals surface area contributed by atoms with Gasteiger partial charge in [0.25, 0.3) is 0 Å². The molecule has 0 amide bonds. The summed E-state index contributed by atoms with van der Waals surface area (Å²) < 4.78 is 4.86. The van der Waals surface area contributed by atoms with Crippen molar-refractivity contribution < 1.29 is 4.74 Å². The molecule has 0 bridgehead atoms. The molecule has 0 saturated carbocycles. The Bertz CT molecular complexity index is 342. The molecule has 0 radical (unpaired) electrons. The molecule has 0 aliphatic rings. The Morgan fingerprint density at radius 1 is 1.58 bits per heavy atom. The summed E-state index contributed by atoms with van der Waals surface area (Å²) in [4.78, 5) is 3.74. The van der Waals surface area contributed by atoms with E-state index in [2.05, 4.69) is 4.98 Å². The summed E-state index contributed by atoms with van der Waals surface area (Å²) in [5.41, 5.74) is 11.7. The predicted octanol–water partition coefficient (Wildman–Crippen LogP) is 0.126. The summed E-state index contributed by atoms with van der Waals surface area (Å²) in [5.74, 6) is 0.234. The molecule has 0 aliphatic heterocycles. The molecule has 5 heteroatoms. The number of ether oxygens (including phenoxy) is 1. The number of nitrogen functional groups attached to an aromatic ring is 2. The van der Waals surface area contributed by atoms with Gasteiger partial charge in [-0.05, 0) is 0 Å². The summed E-state index contributed by atoms with van der Waals surface area (Å²) in [6.07, 6.45) is 1.33. The zero-order valence-electron chi connectivity index (χ0n) is 6.53. The maximum absolute atomic E-state index is 8.58. The minimum atomic E-state index is 0.143. The van der Waals surface area contributed by atoms with Gasteiger partial charge in [-0.2, -0.15) is 5.26 Å². The number of hydrogen-bond donors (Lipinski definition) is 2. The van der Waals surface area contributed by atoms with Gasteiger partial charge in [0.1, 0.15) is 11.8 Å². The second kappa shape index (κ2) is 2.96. The van der Waals surface area contributed by atoms with Crippen molar-refractivity contribution in [3.05, 3.63) is 11.9 Å². The monoisotopic (exact) mass is 164 g/mol. The Hall–Kier alpha value is -1.96. The third-order valence-corrected chi connectivity index (χ3v) is 1.41. The number of aromatic nitrogens is 1. The van der Waals surface area contributed by atoms with Crippen molar-refractivity contribution in [3.63, 3.8) is 0 Å². The number of rotatable bonds is 1. The highest BCUT2D eigenvalue weighted by Gasteiger charge is 2.09. The largest absolute Gasteiger partial charge is 0.492 e. The van der Waals surface area contributed by atoms with Gasteiger partial charge in [-0.1, -0.05) is 0 Å². The first-order valence-electron chi connectivity index (χ1n) is 3.18. The molecule has 0 spiro atoms. The first-order valence-corrected chi connectivity index (χ1v) is 3.18. The summed E-state index contributed by atoms with van der Waals surface area (Å²) in [6, 6.07) is 1.84. The van der Waals surface area contributed by atoms with Gasteiger partial charge < -0.3 is 16.2 Å². The number of nitrogens with two attached hydrogens (primary N) is 2. The molecule has 0 aliphatic carbocycles. The number of pyridine rings is 1. The number of nitrogens with zero attached hydrogens (tertiary/aromatic N) is 2. The smallest absolute Gasteiger partial charge is 0.184 e. The summed E-state index contributed by atoms with van der Waals surface area (Å²) in [6.45, 7) is 0. The maximum Gasteiger partial charge on any atom is 0.184 e. The van der Waals surface area contributed by atoms with Gasteiger partial charge in [0.05, 0.1) is 19.0 Å². The minimum Gasteiger partial charge on any atom is -0.492 e. The van der Waals surface area contributed by atoms with Gasteiger partial charge in [-0.3, -0.25) is 0 Å². The lowest BCUT2D eigenvalue weighted by Crippen LogP contribution is -2.02. The van der Waals surface area contributed by atoms with Crippen LogP contribution in [0.3, 0.4) is 0 Å². The number of hydrogen-bond acceptors (Lipinski definition) is 5. The average molecular weight is 164 g/mol. The summed E-state index contributed by atoms with van der Waals surface area (Å²) in [5, 5.41) is 8.58. The predicted molar refractivity (Wildman–Crippen MR) is 44.3 cm³/mol. The third kappa shape index (κ3) is 1.10.